The van der Waals surface area contributed by atoms with Gasteiger partial charge in [-0.15, -0.1) is 11.3 Å². The standard InChI is InChI=1S/C21H18F2N4OS/c1-13-18(29-19(24-13)14-8-4-3-5-9-14)20(28)26(2)12-17-25-15-10-6-7-11-16(15)27(17)21(22)23/h3-11,21H,12H2,1-2H3. The third-order valence-electron chi connectivity index (χ3n) is 4.60. The first-order chi connectivity index (χ1) is 14.0. The Balaban J connectivity index is 1.62. The summed E-state index contributed by atoms with van der Waals surface area (Å²) >= 11 is 1.30. The zero-order chi connectivity index (χ0) is 20.5. The maximum absolute atomic E-state index is 13.6. The molecule has 4 rings (SSSR count). The Hall–Kier alpha value is -3.13. The molecule has 2 heterocycles. The van der Waals surface area contributed by atoms with Crippen LogP contribution in [0, 0.1) is 6.92 Å². The number of aryl methyl sites for hydroxylation is 1. The number of halogens is 2. The van der Waals surface area contributed by atoms with Crippen LogP contribution in [0.2, 0.25) is 0 Å². The van der Waals surface area contributed by atoms with Crippen LogP contribution in [0.25, 0.3) is 21.6 Å². The van der Waals surface area contributed by atoms with Gasteiger partial charge in [-0.05, 0) is 19.1 Å². The van der Waals surface area contributed by atoms with Crippen molar-refractivity contribution in [2.24, 2.45) is 0 Å². The topological polar surface area (TPSA) is 51.0 Å². The van der Waals surface area contributed by atoms with Crippen LogP contribution >= 0.6 is 11.3 Å². The van der Waals surface area contributed by atoms with Crippen molar-refractivity contribution in [3.8, 4) is 10.6 Å². The Kier molecular flexibility index (Phi) is 5.10. The number of para-hydroxylation sites is 2. The number of imidazole rings is 1. The van der Waals surface area contributed by atoms with E-state index in [1.807, 2.05) is 30.3 Å². The minimum atomic E-state index is -2.74. The first kappa shape index (κ1) is 19.2. The van der Waals surface area contributed by atoms with Crippen LogP contribution in [0.3, 0.4) is 0 Å². The number of aromatic nitrogens is 3. The van der Waals surface area contributed by atoms with E-state index in [2.05, 4.69) is 9.97 Å². The van der Waals surface area contributed by atoms with Gasteiger partial charge in [0.1, 0.15) is 15.7 Å². The van der Waals surface area contributed by atoms with E-state index < -0.39 is 6.55 Å². The summed E-state index contributed by atoms with van der Waals surface area (Å²) in [6, 6.07) is 16.3. The van der Waals surface area contributed by atoms with Crippen molar-refractivity contribution in [1.29, 1.82) is 0 Å². The first-order valence-electron chi connectivity index (χ1n) is 8.98. The van der Waals surface area contributed by atoms with Crippen LogP contribution < -0.4 is 0 Å². The van der Waals surface area contributed by atoms with Crippen LogP contribution in [0.5, 0.6) is 0 Å². The van der Waals surface area contributed by atoms with Crippen molar-refractivity contribution in [2.75, 3.05) is 7.05 Å². The highest BCUT2D eigenvalue weighted by atomic mass is 32.1. The number of hydrogen-bond acceptors (Lipinski definition) is 4. The van der Waals surface area contributed by atoms with Crippen LogP contribution in [-0.4, -0.2) is 32.4 Å². The maximum atomic E-state index is 13.6. The number of nitrogens with zero attached hydrogens (tertiary/aromatic N) is 4. The van der Waals surface area contributed by atoms with E-state index in [4.69, 9.17) is 0 Å². The van der Waals surface area contributed by atoms with Gasteiger partial charge >= 0.3 is 6.55 Å². The summed E-state index contributed by atoms with van der Waals surface area (Å²) in [5.74, 6) is -0.127. The van der Waals surface area contributed by atoms with Gasteiger partial charge < -0.3 is 4.90 Å². The molecule has 0 unspecified atom stereocenters. The number of hydrogen-bond donors (Lipinski definition) is 0. The fourth-order valence-electron chi connectivity index (χ4n) is 3.18. The molecule has 4 aromatic rings. The molecule has 0 spiro atoms. The number of alkyl halides is 2. The van der Waals surface area contributed by atoms with Crippen LogP contribution in [0.15, 0.2) is 54.6 Å². The normalized spacial score (nSPS) is 11.3. The van der Waals surface area contributed by atoms with Crippen LogP contribution in [-0.2, 0) is 6.54 Å². The Morgan fingerprint density at radius 1 is 1.10 bits per heavy atom. The SMILES string of the molecule is Cc1nc(-c2ccccc2)sc1C(=O)N(C)Cc1nc2ccccc2n1C(F)F. The highest BCUT2D eigenvalue weighted by Crippen LogP contribution is 2.29. The van der Waals surface area contributed by atoms with Crippen molar-refractivity contribution in [3.05, 3.63) is 71.0 Å². The smallest absolute Gasteiger partial charge is 0.320 e. The van der Waals surface area contributed by atoms with E-state index in [0.717, 1.165) is 15.1 Å². The van der Waals surface area contributed by atoms with E-state index in [9.17, 15) is 13.6 Å². The van der Waals surface area contributed by atoms with E-state index >= 15 is 0 Å². The summed E-state index contributed by atoms with van der Waals surface area (Å²) in [7, 11) is 1.58. The average molecular weight is 412 g/mol. The summed E-state index contributed by atoms with van der Waals surface area (Å²) in [6.07, 6.45) is 0. The number of fused-ring (bicyclic) bond motifs is 1. The molecule has 5 nitrogen and oxygen atoms in total. The number of thiazole rings is 1. The van der Waals surface area contributed by atoms with Crippen molar-refractivity contribution >= 4 is 28.3 Å². The molecule has 0 bridgehead atoms. The van der Waals surface area contributed by atoms with Crippen molar-refractivity contribution in [2.45, 2.75) is 20.0 Å². The Morgan fingerprint density at radius 3 is 2.52 bits per heavy atom. The molecule has 29 heavy (non-hydrogen) atoms. The second-order valence-electron chi connectivity index (χ2n) is 6.63. The Bertz CT molecular complexity index is 1170. The fourth-order valence-corrected chi connectivity index (χ4v) is 4.25. The van der Waals surface area contributed by atoms with Gasteiger partial charge in [-0.3, -0.25) is 9.36 Å². The van der Waals surface area contributed by atoms with Gasteiger partial charge in [0.15, 0.2) is 0 Å². The van der Waals surface area contributed by atoms with E-state index in [-0.39, 0.29) is 18.3 Å². The average Bonchev–Trinajstić information content (AvgIpc) is 3.28. The quantitative estimate of drug-likeness (QED) is 0.456. The molecular formula is C21H18F2N4OS. The molecule has 0 saturated carbocycles. The van der Waals surface area contributed by atoms with Gasteiger partial charge in [-0.25, -0.2) is 9.97 Å². The summed E-state index contributed by atoms with van der Waals surface area (Å²) in [5.41, 5.74) is 2.37. The molecule has 0 radical (unpaired) electrons. The Morgan fingerprint density at radius 2 is 1.79 bits per heavy atom. The van der Waals surface area contributed by atoms with Gasteiger partial charge in [-0.1, -0.05) is 42.5 Å². The number of carbonyl (C=O) groups excluding carboxylic acids is 1. The maximum Gasteiger partial charge on any atom is 0.320 e. The van der Waals surface area contributed by atoms with Gasteiger partial charge in [0.05, 0.1) is 23.3 Å². The molecule has 0 fully saturated rings. The van der Waals surface area contributed by atoms with Crippen LogP contribution in [0.4, 0.5) is 8.78 Å². The first-order valence-corrected chi connectivity index (χ1v) is 9.79. The highest BCUT2D eigenvalue weighted by molar-refractivity contribution is 7.17. The molecule has 2 aromatic heterocycles. The van der Waals surface area contributed by atoms with Crippen molar-refractivity contribution < 1.29 is 13.6 Å². The van der Waals surface area contributed by atoms with Gasteiger partial charge in [0.2, 0.25) is 0 Å². The minimum absolute atomic E-state index is 0.0319. The number of rotatable bonds is 5. The van der Waals surface area contributed by atoms with Crippen molar-refractivity contribution in [3.63, 3.8) is 0 Å². The summed E-state index contributed by atoms with van der Waals surface area (Å²) in [5, 5.41) is 0.750. The molecule has 0 aliphatic carbocycles. The lowest BCUT2D eigenvalue weighted by Crippen LogP contribution is -2.27. The second-order valence-corrected chi connectivity index (χ2v) is 7.62. The largest absolute Gasteiger partial charge is 0.333 e. The number of carbonyl (C=O) groups is 1. The van der Waals surface area contributed by atoms with Gasteiger partial charge in [0, 0.05) is 12.6 Å². The van der Waals surface area contributed by atoms with E-state index in [1.54, 1.807) is 38.2 Å². The van der Waals surface area contributed by atoms with E-state index in [0.29, 0.717) is 21.6 Å². The summed E-state index contributed by atoms with van der Waals surface area (Å²) in [4.78, 5) is 23.7. The molecule has 0 aliphatic rings. The fraction of sp³-hybridized carbons (Fsp3) is 0.190. The molecule has 0 atom stereocenters. The molecular weight excluding hydrogens is 394 g/mol. The Labute approximate surface area is 170 Å². The molecule has 148 valence electrons. The third-order valence-corrected chi connectivity index (χ3v) is 5.80. The zero-order valence-electron chi connectivity index (χ0n) is 15.8. The lowest BCUT2D eigenvalue weighted by Gasteiger charge is -2.17. The van der Waals surface area contributed by atoms with Crippen molar-refractivity contribution in [1.82, 2.24) is 19.4 Å². The van der Waals surface area contributed by atoms with Crippen LogP contribution in [0.1, 0.15) is 27.7 Å². The highest BCUT2D eigenvalue weighted by Gasteiger charge is 2.23. The molecule has 0 N–H and O–H groups in total. The lowest BCUT2D eigenvalue weighted by molar-refractivity contribution is 0.0647. The number of benzene rings is 2. The second kappa shape index (κ2) is 7.71. The third kappa shape index (κ3) is 3.63. The van der Waals surface area contributed by atoms with Gasteiger partial charge in [-0.2, -0.15) is 8.78 Å². The molecule has 8 heteroatoms. The minimum Gasteiger partial charge on any atom is -0.333 e. The molecule has 0 aliphatic heterocycles. The molecule has 2 aromatic carbocycles. The molecule has 0 saturated heterocycles. The summed E-state index contributed by atoms with van der Waals surface area (Å²) < 4.78 is 28.1. The van der Waals surface area contributed by atoms with E-state index in [1.165, 1.54) is 16.2 Å². The number of amides is 1. The predicted molar refractivity (Wildman–Crippen MR) is 109 cm³/mol. The zero-order valence-corrected chi connectivity index (χ0v) is 16.7. The lowest BCUT2D eigenvalue weighted by atomic mass is 10.2. The monoisotopic (exact) mass is 412 g/mol. The summed E-state index contributed by atoms with van der Waals surface area (Å²) in [6.45, 7) is -0.996. The predicted octanol–water partition coefficient (Wildman–Crippen LogP) is 5.14. The molecule has 1 amide bonds. The van der Waals surface area contributed by atoms with Gasteiger partial charge in [0.25, 0.3) is 5.91 Å².